The number of hydrogen-bond acceptors (Lipinski definition) is 4. The van der Waals surface area contributed by atoms with Gasteiger partial charge in [-0.1, -0.05) is 41.7 Å². The molecule has 2 bridgehead atoms. The molecule has 2 aliphatic rings. The first-order valence-electron chi connectivity index (χ1n) is 10.3. The standard InChI is InChI=1S/C23H22F2N2OS2/c24-22(25)29-18-9-7-17(8-10-18)27(23-26-19-3-1-2-4-20(19)30-23)21(28)13-16-12-14-5-6-15(16)11-14/h1-4,7-10,14-16,22H,5-6,11-13H2/t14-,15-,16+/m0/s1. The first-order valence-corrected chi connectivity index (χ1v) is 12.0. The number of carbonyl (C=O) groups excluding carboxylic acids is 1. The third-order valence-electron chi connectivity index (χ3n) is 6.36. The summed E-state index contributed by atoms with van der Waals surface area (Å²) in [5, 5.41) is 0.638. The number of thiazole rings is 1. The highest BCUT2D eigenvalue weighted by Crippen LogP contribution is 2.50. The molecule has 5 rings (SSSR count). The van der Waals surface area contributed by atoms with Crippen molar-refractivity contribution in [2.45, 2.75) is 42.8 Å². The van der Waals surface area contributed by atoms with Crippen LogP contribution in [-0.4, -0.2) is 16.6 Å². The Morgan fingerprint density at radius 2 is 1.93 bits per heavy atom. The van der Waals surface area contributed by atoms with Gasteiger partial charge in [0.05, 0.1) is 15.9 Å². The van der Waals surface area contributed by atoms with E-state index in [4.69, 9.17) is 4.98 Å². The normalized spacial score (nSPS) is 22.8. The molecule has 0 aliphatic heterocycles. The van der Waals surface area contributed by atoms with Gasteiger partial charge < -0.3 is 0 Å². The molecule has 1 aromatic heterocycles. The molecule has 1 amide bonds. The average molecular weight is 445 g/mol. The van der Waals surface area contributed by atoms with Crippen LogP contribution in [0.1, 0.15) is 32.1 Å². The molecule has 0 saturated heterocycles. The van der Waals surface area contributed by atoms with Crippen molar-refractivity contribution in [2.24, 2.45) is 17.8 Å². The molecular formula is C23H22F2N2OS2. The molecule has 2 fully saturated rings. The number of hydrogen-bond donors (Lipinski definition) is 0. The monoisotopic (exact) mass is 444 g/mol. The van der Waals surface area contributed by atoms with Crippen LogP contribution in [0.15, 0.2) is 53.4 Å². The molecule has 156 valence electrons. The molecule has 2 saturated carbocycles. The van der Waals surface area contributed by atoms with Crippen molar-refractivity contribution in [3.05, 3.63) is 48.5 Å². The van der Waals surface area contributed by atoms with Gasteiger partial charge >= 0.3 is 0 Å². The smallest absolute Gasteiger partial charge is 0.274 e. The van der Waals surface area contributed by atoms with Gasteiger partial charge in [0.1, 0.15) is 0 Å². The minimum Gasteiger partial charge on any atom is -0.274 e. The Hall–Kier alpha value is -1.99. The second kappa shape index (κ2) is 8.27. The van der Waals surface area contributed by atoms with Crippen LogP contribution in [0.5, 0.6) is 0 Å². The van der Waals surface area contributed by atoms with E-state index in [2.05, 4.69) is 0 Å². The number of alkyl halides is 2. The number of para-hydroxylation sites is 1. The summed E-state index contributed by atoms with van der Waals surface area (Å²) in [4.78, 5) is 20.4. The Kier molecular flexibility index (Phi) is 5.50. The van der Waals surface area contributed by atoms with Crippen LogP contribution in [0.3, 0.4) is 0 Å². The number of anilines is 2. The van der Waals surface area contributed by atoms with Crippen LogP contribution in [0.25, 0.3) is 10.2 Å². The Morgan fingerprint density at radius 1 is 1.13 bits per heavy atom. The number of amides is 1. The number of nitrogens with zero attached hydrogens (tertiary/aromatic N) is 2. The lowest BCUT2D eigenvalue weighted by Gasteiger charge is -2.25. The van der Waals surface area contributed by atoms with Crippen molar-refractivity contribution in [2.75, 3.05) is 4.90 Å². The van der Waals surface area contributed by atoms with Crippen molar-refractivity contribution in [3.63, 3.8) is 0 Å². The van der Waals surface area contributed by atoms with E-state index < -0.39 is 5.76 Å². The van der Waals surface area contributed by atoms with E-state index in [9.17, 15) is 13.6 Å². The topological polar surface area (TPSA) is 33.2 Å². The van der Waals surface area contributed by atoms with Gasteiger partial charge in [-0.2, -0.15) is 8.78 Å². The molecule has 0 unspecified atom stereocenters. The minimum absolute atomic E-state index is 0.0425. The van der Waals surface area contributed by atoms with Crippen LogP contribution in [-0.2, 0) is 4.79 Å². The molecule has 30 heavy (non-hydrogen) atoms. The van der Waals surface area contributed by atoms with Crippen LogP contribution >= 0.6 is 23.1 Å². The van der Waals surface area contributed by atoms with Crippen LogP contribution < -0.4 is 4.90 Å². The van der Waals surface area contributed by atoms with Gasteiger partial charge in [0.25, 0.3) is 5.76 Å². The molecule has 1 heterocycles. The zero-order chi connectivity index (χ0) is 20.7. The summed E-state index contributed by atoms with van der Waals surface area (Å²) in [7, 11) is 0. The summed E-state index contributed by atoms with van der Waals surface area (Å²) in [6, 6.07) is 14.6. The van der Waals surface area contributed by atoms with E-state index in [1.54, 1.807) is 29.2 Å². The summed E-state index contributed by atoms with van der Waals surface area (Å²) in [5.41, 5.74) is 1.54. The molecule has 2 aliphatic carbocycles. The average Bonchev–Trinajstić information content (AvgIpc) is 3.44. The molecule has 3 aromatic rings. The summed E-state index contributed by atoms with van der Waals surface area (Å²) in [6.45, 7) is 0. The fourth-order valence-electron chi connectivity index (χ4n) is 5.04. The Bertz CT molecular complexity index is 1020. The number of thioether (sulfide) groups is 1. The summed E-state index contributed by atoms with van der Waals surface area (Å²) >= 11 is 2.00. The van der Waals surface area contributed by atoms with Crippen molar-refractivity contribution >= 4 is 50.0 Å². The van der Waals surface area contributed by atoms with Crippen molar-refractivity contribution in [3.8, 4) is 0 Å². The van der Waals surface area contributed by atoms with Gasteiger partial charge in [-0.25, -0.2) is 4.98 Å². The van der Waals surface area contributed by atoms with Crippen molar-refractivity contribution in [1.29, 1.82) is 0 Å². The maximum absolute atomic E-state index is 13.5. The fraction of sp³-hybridized carbons (Fsp3) is 0.391. The second-order valence-electron chi connectivity index (χ2n) is 8.20. The number of aromatic nitrogens is 1. The van der Waals surface area contributed by atoms with Crippen LogP contribution in [0.2, 0.25) is 0 Å². The Balaban J connectivity index is 1.46. The van der Waals surface area contributed by atoms with E-state index >= 15 is 0 Å². The highest BCUT2D eigenvalue weighted by atomic mass is 32.2. The lowest BCUT2D eigenvalue weighted by Crippen LogP contribution is -2.29. The molecule has 2 aromatic carbocycles. The predicted molar refractivity (Wildman–Crippen MR) is 119 cm³/mol. The lowest BCUT2D eigenvalue weighted by molar-refractivity contribution is -0.119. The number of carbonyl (C=O) groups is 1. The molecule has 7 heteroatoms. The Labute approximate surface area is 182 Å². The number of halogens is 2. The Morgan fingerprint density at radius 3 is 2.60 bits per heavy atom. The largest absolute Gasteiger partial charge is 0.288 e. The zero-order valence-corrected chi connectivity index (χ0v) is 18.0. The van der Waals surface area contributed by atoms with Crippen LogP contribution in [0, 0.1) is 17.8 Å². The first-order chi connectivity index (χ1) is 14.6. The number of rotatable bonds is 6. The van der Waals surface area contributed by atoms with E-state index in [-0.39, 0.29) is 5.91 Å². The molecule has 0 radical (unpaired) electrons. The highest BCUT2D eigenvalue weighted by molar-refractivity contribution is 7.99. The summed E-state index contributed by atoms with van der Waals surface area (Å²) in [6.07, 6.45) is 5.47. The zero-order valence-electron chi connectivity index (χ0n) is 16.3. The predicted octanol–water partition coefficient (Wildman–Crippen LogP) is 7.10. The van der Waals surface area contributed by atoms with Gasteiger partial charge in [0, 0.05) is 11.3 Å². The third-order valence-corrected chi connectivity index (χ3v) is 8.11. The molecule has 0 N–H and O–H groups in total. The first kappa shape index (κ1) is 19.9. The number of benzene rings is 2. The second-order valence-corrected chi connectivity index (χ2v) is 10.3. The maximum atomic E-state index is 13.5. The fourth-order valence-corrected chi connectivity index (χ4v) is 6.54. The van der Waals surface area contributed by atoms with Crippen molar-refractivity contribution in [1.82, 2.24) is 4.98 Å². The highest BCUT2D eigenvalue weighted by Gasteiger charge is 2.41. The molecular weight excluding hydrogens is 422 g/mol. The van der Waals surface area contributed by atoms with E-state index in [1.807, 2.05) is 24.3 Å². The van der Waals surface area contributed by atoms with Gasteiger partial charge in [0.2, 0.25) is 5.91 Å². The molecule has 3 atom stereocenters. The van der Waals surface area contributed by atoms with Crippen LogP contribution in [0.4, 0.5) is 19.6 Å². The third kappa shape index (κ3) is 3.97. The lowest BCUT2D eigenvalue weighted by atomic mass is 9.86. The molecule has 0 spiro atoms. The van der Waals surface area contributed by atoms with Gasteiger partial charge in [-0.3, -0.25) is 9.69 Å². The van der Waals surface area contributed by atoms with E-state index in [1.165, 1.54) is 30.6 Å². The van der Waals surface area contributed by atoms with Gasteiger partial charge in [-0.05, 0) is 73.4 Å². The summed E-state index contributed by atoms with van der Waals surface area (Å²) in [5.74, 6) is -0.520. The van der Waals surface area contributed by atoms with Gasteiger partial charge in [-0.15, -0.1) is 0 Å². The quantitative estimate of drug-likeness (QED) is 0.380. The van der Waals surface area contributed by atoms with Gasteiger partial charge in [0.15, 0.2) is 5.13 Å². The van der Waals surface area contributed by atoms with E-state index in [0.717, 1.165) is 22.6 Å². The minimum atomic E-state index is -2.46. The SMILES string of the molecule is O=C(C[C@H]1C[C@H]2CC[C@H]1C2)N(c1ccc(SC(F)F)cc1)c1nc2ccccc2s1. The summed E-state index contributed by atoms with van der Waals surface area (Å²) < 4.78 is 26.4. The molecule has 3 nitrogen and oxygen atoms in total. The van der Waals surface area contributed by atoms with Crippen molar-refractivity contribution < 1.29 is 13.6 Å². The maximum Gasteiger partial charge on any atom is 0.288 e. The van der Waals surface area contributed by atoms with E-state index in [0.29, 0.717) is 45.7 Å². The number of fused-ring (bicyclic) bond motifs is 3.